The van der Waals surface area contributed by atoms with Gasteiger partial charge >= 0.3 is 0 Å². The van der Waals surface area contributed by atoms with E-state index in [1.807, 2.05) is 10.7 Å². The van der Waals surface area contributed by atoms with Gasteiger partial charge in [-0.15, -0.1) is 5.10 Å². The van der Waals surface area contributed by atoms with Crippen LogP contribution in [0.4, 0.5) is 5.69 Å². The van der Waals surface area contributed by atoms with Gasteiger partial charge in [-0.3, -0.25) is 4.90 Å². The van der Waals surface area contributed by atoms with Crippen LogP contribution in [0.1, 0.15) is 38.1 Å². The highest BCUT2D eigenvalue weighted by Crippen LogP contribution is 2.27. The zero-order valence-electron chi connectivity index (χ0n) is 16.8. The lowest BCUT2D eigenvalue weighted by atomic mass is 10.1. The molecule has 4 rings (SSSR count). The van der Waals surface area contributed by atoms with E-state index in [2.05, 4.69) is 50.4 Å². The number of nitrogens with zero attached hydrogens (tertiary/aromatic N) is 6. The summed E-state index contributed by atoms with van der Waals surface area (Å²) in [5.74, 6) is 1.87. The van der Waals surface area contributed by atoms with Crippen molar-refractivity contribution in [2.45, 2.75) is 44.9 Å². The Morgan fingerprint density at radius 1 is 1.25 bits per heavy atom. The van der Waals surface area contributed by atoms with E-state index in [9.17, 15) is 0 Å². The molecule has 1 aromatic carbocycles. The number of rotatable bonds is 7. The lowest BCUT2D eigenvalue weighted by Crippen LogP contribution is -2.48. The molecule has 0 amide bonds. The fraction of sp³-hybridized carbons (Fsp3) is 0.650. The van der Waals surface area contributed by atoms with Crippen molar-refractivity contribution in [1.29, 1.82) is 0 Å². The van der Waals surface area contributed by atoms with Gasteiger partial charge in [0.1, 0.15) is 5.75 Å². The summed E-state index contributed by atoms with van der Waals surface area (Å²) in [6.07, 6.45) is 3.45. The SMILES string of the molecule is CCC(c1nnnn1CC1CCCO1)N1CCN(c2cccc(OC)c2)CC1. The second kappa shape index (κ2) is 8.87. The van der Waals surface area contributed by atoms with Crippen LogP contribution in [0.5, 0.6) is 5.75 Å². The van der Waals surface area contributed by atoms with Crippen LogP contribution < -0.4 is 9.64 Å². The number of benzene rings is 1. The number of piperazine rings is 1. The molecule has 0 N–H and O–H groups in total. The van der Waals surface area contributed by atoms with Crippen molar-refractivity contribution in [3.63, 3.8) is 0 Å². The molecule has 0 aliphatic carbocycles. The molecule has 0 radical (unpaired) electrons. The van der Waals surface area contributed by atoms with Crippen LogP contribution in [0.2, 0.25) is 0 Å². The predicted molar refractivity (Wildman–Crippen MR) is 107 cm³/mol. The van der Waals surface area contributed by atoms with Crippen molar-refractivity contribution < 1.29 is 9.47 Å². The van der Waals surface area contributed by atoms with Gasteiger partial charge in [-0.05, 0) is 41.8 Å². The highest BCUT2D eigenvalue weighted by atomic mass is 16.5. The van der Waals surface area contributed by atoms with E-state index in [1.54, 1.807) is 7.11 Å². The molecule has 1 aromatic heterocycles. The first kappa shape index (κ1) is 19.1. The van der Waals surface area contributed by atoms with Crippen LogP contribution >= 0.6 is 0 Å². The Labute approximate surface area is 166 Å². The third kappa shape index (κ3) is 4.12. The molecule has 152 valence electrons. The second-order valence-corrected chi connectivity index (χ2v) is 7.50. The normalized spacial score (nSPS) is 21.8. The van der Waals surface area contributed by atoms with Crippen molar-refractivity contribution in [3.05, 3.63) is 30.1 Å². The molecule has 2 atom stereocenters. The summed E-state index contributed by atoms with van der Waals surface area (Å²) >= 11 is 0. The van der Waals surface area contributed by atoms with Crippen LogP contribution in [0.3, 0.4) is 0 Å². The second-order valence-electron chi connectivity index (χ2n) is 7.50. The van der Waals surface area contributed by atoms with E-state index >= 15 is 0 Å². The monoisotopic (exact) mass is 386 g/mol. The van der Waals surface area contributed by atoms with Crippen molar-refractivity contribution >= 4 is 5.69 Å². The number of anilines is 1. The van der Waals surface area contributed by atoms with E-state index in [1.165, 1.54) is 5.69 Å². The van der Waals surface area contributed by atoms with Gasteiger partial charge in [-0.2, -0.15) is 0 Å². The fourth-order valence-corrected chi connectivity index (χ4v) is 4.26. The molecule has 2 aliphatic rings. The van der Waals surface area contributed by atoms with E-state index in [4.69, 9.17) is 9.47 Å². The summed E-state index contributed by atoms with van der Waals surface area (Å²) in [5, 5.41) is 12.6. The molecule has 28 heavy (non-hydrogen) atoms. The van der Waals surface area contributed by atoms with Crippen LogP contribution in [-0.2, 0) is 11.3 Å². The number of aromatic nitrogens is 4. The first-order valence-corrected chi connectivity index (χ1v) is 10.3. The Bertz CT molecular complexity index is 753. The summed E-state index contributed by atoms with van der Waals surface area (Å²) in [4.78, 5) is 4.93. The Kier molecular flexibility index (Phi) is 6.07. The summed E-state index contributed by atoms with van der Waals surface area (Å²) in [5.41, 5.74) is 1.22. The average Bonchev–Trinajstić information content (AvgIpc) is 3.42. The highest BCUT2D eigenvalue weighted by molar-refractivity contribution is 5.51. The van der Waals surface area contributed by atoms with Crippen LogP contribution in [0.15, 0.2) is 24.3 Å². The van der Waals surface area contributed by atoms with Crippen LogP contribution in [0.25, 0.3) is 0 Å². The molecule has 3 heterocycles. The summed E-state index contributed by atoms with van der Waals surface area (Å²) in [7, 11) is 1.71. The van der Waals surface area contributed by atoms with Crippen molar-refractivity contribution in [1.82, 2.24) is 25.1 Å². The Morgan fingerprint density at radius 2 is 2.11 bits per heavy atom. The average molecular weight is 387 g/mol. The molecule has 2 saturated heterocycles. The minimum absolute atomic E-state index is 0.240. The van der Waals surface area contributed by atoms with Gasteiger partial charge in [0.2, 0.25) is 0 Å². The first-order valence-electron chi connectivity index (χ1n) is 10.3. The third-order valence-electron chi connectivity index (χ3n) is 5.82. The number of ether oxygens (including phenoxy) is 2. The maximum atomic E-state index is 5.78. The lowest BCUT2D eigenvalue weighted by molar-refractivity contribution is 0.0894. The van der Waals surface area contributed by atoms with Gasteiger partial charge < -0.3 is 14.4 Å². The minimum Gasteiger partial charge on any atom is -0.497 e. The molecule has 2 fully saturated rings. The quantitative estimate of drug-likeness (QED) is 0.722. The summed E-state index contributed by atoms with van der Waals surface area (Å²) in [6.45, 7) is 7.76. The minimum atomic E-state index is 0.240. The molecule has 8 nitrogen and oxygen atoms in total. The molecule has 8 heteroatoms. The molecular weight excluding hydrogens is 356 g/mol. The fourth-order valence-electron chi connectivity index (χ4n) is 4.26. The molecule has 2 aromatic rings. The standard InChI is InChI=1S/C20H30N6O2/c1-3-19(20-21-22-23-26(20)15-18-8-5-13-28-18)25-11-9-24(10-12-25)16-6-4-7-17(14-16)27-2/h4,6-7,14,18-19H,3,5,8-13,15H2,1-2H3. The van der Waals surface area contributed by atoms with Crippen molar-refractivity contribution in [2.24, 2.45) is 0 Å². The topological polar surface area (TPSA) is 68.5 Å². The number of tetrazole rings is 1. The molecule has 0 spiro atoms. The summed E-state index contributed by atoms with van der Waals surface area (Å²) in [6, 6.07) is 8.53. The maximum absolute atomic E-state index is 5.78. The lowest BCUT2D eigenvalue weighted by Gasteiger charge is -2.39. The maximum Gasteiger partial charge on any atom is 0.168 e. The van der Waals surface area contributed by atoms with E-state index in [0.717, 1.165) is 70.2 Å². The van der Waals surface area contributed by atoms with Crippen molar-refractivity contribution in [2.75, 3.05) is 44.8 Å². The van der Waals surface area contributed by atoms with E-state index < -0.39 is 0 Å². The molecule has 2 unspecified atom stereocenters. The molecule has 2 aliphatic heterocycles. The molecule has 0 saturated carbocycles. The Balaban J connectivity index is 1.41. The number of methoxy groups -OCH3 is 1. The molecule has 0 bridgehead atoms. The third-order valence-corrected chi connectivity index (χ3v) is 5.82. The van der Waals surface area contributed by atoms with Gasteiger partial charge in [-0.25, -0.2) is 4.68 Å². The zero-order chi connectivity index (χ0) is 19.3. The van der Waals surface area contributed by atoms with Crippen LogP contribution in [0, 0.1) is 0 Å². The predicted octanol–water partition coefficient (Wildman–Crippen LogP) is 2.13. The van der Waals surface area contributed by atoms with Gasteiger partial charge in [0.05, 0.1) is 25.8 Å². The molecular formula is C20H30N6O2. The number of hydrogen-bond acceptors (Lipinski definition) is 7. The Morgan fingerprint density at radius 3 is 2.82 bits per heavy atom. The van der Waals surface area contributed by atoms with E-state index in [-0.39, 0.29) is 12.1 Å². The highest BCUT2D eigenvalue weighted by Gasteiger charge is 2.29. The van der Waals surface area contributed by atoms with Gasteiger partial charge in [0.15, 0.2) is 5.82 Å². The van der Waals surface area contributed by atoms with Gasteiger partial charge in [0.25, 0.3) is 0 Å². The summed E-state index contributed by atoms with van der Waals surface area (Å²) < 4.78 is 13.1. The smallest absolute Gasteiger partial charge is 0.168 e. The Hall–Kier alpha value is -2.19. The van der Waals surface area contributed by atoms with Crippen LogP contribution in [-0.4, -0.2) is 71.1 Å². The van der Waals surface area contributed by atoms with E-state index in [0.29, 0.717) is 0 Å². The largest absolute Gasteiger partial charge is 0.497 e. The van der Waals surface area contributed by atoms with Gasteiger partial charge in [0, 0.05) is 44.5 Å². The number of hydrogen-bond donors (Lipinski definition) is 0. The van der Waals surface area contributed by atoms with Crippen molar-refractivity contribution in [3.8, 4) is 5.75 Å². The van der Waals surface area contributed by atoms with Gasteiger partial charge in [-0.1, -0.05) is 13.0 Å². The zero-order valence-corrected chi connectivity index (χ0v) is 16.8. The first-order chi connectivity index (χ1) is 13.8.